The number of carbonyl (C=O) groups excluding carboxylic acids is 2. The number of hydrogen-bond donors (Lipinski definition) is 3. The molecule has 1 rings (SSSR count). The van der Waals surface area contributed by atoms with E-state index < -0.39 is 5.82 Å². The fourth-order valence-corrected chi connectivity index (χ4v) is 1.62. The molecule has 0 radical (unpaired) electrons. The zero-order valence-corrected chi connectivity index (χ0v) is 11.3. The van der Waals surface area contributed by atoms with Gasteiger partial charge in [0.05, 0.1) is 7.05 Å². The molecule has 2 atom stereocenters. The molecule has 0 saturated carbocycles. The first kappa shape index (κ1) is 15.1. The molecule has 1 aromatic rings. The minimum Gasteiger partial charge on any atom is -0.354 e. The lowest BCUT2D eigenvalue weighted by atomic mass is 10.2. The molecule has 5 nitrogen and oxygen atoms in total. The Kier molecular flexibility index (Phi) is 5.44. The normalized spacial score (nSPS) is 13.5. The number of hydrogen-bond acceptors (Lipinski definition) is 2. The van der Waals surface area contributed by atoms with E-state index in [1.807, 2.05) is 0 Å². The van der Waals surface area contributed by atoms with Crippen LogP contribution in [0.5, 0.6) is 0 Å². The van der Waals surface area contributed by atoms with Gasteiger partial charge in [0.1, 0.15) is 5.82 Å². The molecule has 2 amide bonds. The van der Waals surface area contributed by atoms with Crippen LogP contribution in [0.25, 0.3) is 0 Å². The van der Waals surface area contributed by atoms with Gasteiger partial charge in [-0.3, -0.25) is 9.59 Å². The largest absolute Gasteiger partial charge is 0.354 e. The topological polar surface area (TPSA) is 62.6 Å². The highest BCUT2D eigenvalue weighted by molar-refractivity contribution is 5.91. The second-order valence-electron chi connectivity index (χ2n) is 4.42. The third-order valence-electron chi connectivity index (χ3n) is 2.93. The Morgan fingerprint density at radius 3 is 2.68 bits per heavy atom. The zero-order valence-electron chi connectivity index (χ0n) is 11.3. The van der Waals surface area contributed by atoms with E-state index in [9.17, 15) is 14.0 Å². The van der Waals surface area contributed by atoms with Crippen molar-refractivity contribution in [3.05, 3.63) is 30.1 Å². The lowest BCUT2D eigenvalue weighted by Gasteiger charge is -2.19. The number of benzene rings is 1. The standard InChI is InChI=1S/C13H18FN3O2/c1-9(13(19)15-2)17(3)8-12(18)16-11-6-4-5-10(14)7-11/h4-7,9H,8H2,1-3H3,(H,15,19)(H,16,18)/p+1/t9-/m1/s1. The van der Waals surface area contributed by atoms with Gasteiger partial charge in [-0.05, 0) is 25.1 Å². The molecule has 3 N–H and O–H groups in total. The Morgan fingerprint density at radius 1 is 1.42 bits per heavy atom. The SMILES string of the molecule is CNC(=O)[C@@H](C)[NH+](C)CC(=O)Nc1cccc(F)c1. The zero-order chi connectivity index (χ0) is 14.4. The van der Waals surface area contributed by atoms with E-state index in [0.29, 0.717) is 5.69 Å². The molecule has 1 aromatic carbocycles. The van der Waals surface area contributed by atoms with Crippen molar-refractivity contribution in [2.24, 2.45) is 0 Å². The quantitative estimate of drug-likeness (QED) is 0.668. The average Bonchev–Trinajstić information content (AvgIpc) is 2.36. The van der Waals surface area contributed by atoms with Crippen molar-refractivity contribution < 1.29 is 18.9 Å². The summed E-state index contributed by atoms with van der Waals surface area (Å²) in [6.07, 6.45) is 0. The van der Waals surface area contributed by atoms with Gasteiger partial charge < -0.3 is 15.5 Å². The van der Waals surface area contributed by atoms with Gasteiger partial charge in [-0.15, -0.1) is 0 Å². The van der Waals surface area contributed by atoms with Crippen molar-refractivity contribution in [2.75, 3.05) is 26.0 Å². The van der Waals surface area contributed by atoms with E-state index in [2.05, 4.69) is 10.6 Å². The van der Waals surface area contributed by atoms with E-state index in [-0.39, 0.29) is 24.4 Å². The molecule has 0 aliphatic heterocycles. The Bertz CT molecular complexity index is 465. The average molecular weight is 268 g/mol. The molecule has 1 unspecified atom stereocenters. The first-order valence-electron chi connectivity index (χ1n) is 6.03. The van der Waals surface area contributed by atoms with E-state index in [1.54, 1.807) is 27.1 Å². The Morgan fingerprint density at radius 2 is 2.11 bits per heavy atom. The predicted molar refractivity (Wildman–Crippen MR) is 70.3 cm³/mol. The maximum atomic E-state index is 13.0. The summed E-state index contributed by atoms with van der Waals surface area (Å²) in [7, 11) is 3.31. The van der Waals surface area contributed by atoms with Gasteiger partial charge in [0, 0.05) is 12.7 Å². The van der Waals surface area contributed by atoms with Crippen molar-refractivity contribution in [1.29, 1.82) is 0 Å². The minimum atomic E-state index is -0.405. The van der Waals surface area contributed by atoms with Crippen LogP contribution in [0.3, 0.4) is 0 Å². The summed E-state index contributed by atoms with van der Waals surface area (Å²) in [5, 5.41) is 5.13. The second kappa shape index (κ2) is 6.84. The summed E-state index contributed by atoms with van der Waals surface area (Å²) in [4.78, 5) is 23.9. The molecule has 0 heterocycles. The highest BCUT2D eigenvalue weighted by atomic mass is 19.1. The van der Waals surface area contributed by atoms with E-state index in [0.717, 1.165) is 4.90 Å². The van der Waals surface area contributed by atoms with E-state index >= 15 is 0 Å². The van der Waals surface area contributed by atoms with Gasteiger partial charge in [0.2, 0.25) is 0 Å². The predicted octanol–water partition coefficient (Wildman–Crippen LogP) is -0.587. The number of anilines is 1. The highest BCUT2D eigenvalue weighted by Gasteiger charge is 2.22. The molecule has 0 aliphatic carbocycles. The van der Waals surface area contributed by atoms with Crippen molar-refractivity contribution in [2.45, 2.75) is 13.0 Å². The summed E-state index contributed by atoms with van der Waals surface area (Å²) in [6, 6.07) is 5.35. The highest BCUT2D eigenvalue weighted by Crippen LogP contribution is 2.08. The van der Waals surface area contributed by atoms with Gasteiger partial charge >= 0.3 is 0 Å². The van der Waals surface area contributed by atoms with Crippen molar-refractivity contribution in [3.8, 4) is 0 Å². The lowest BCUT2D eigenvalue weighted by molar-refractivity contribution is -0.885. The molecule has 19 heavy (non-hydrogen) atoms. The number of rotatable bonds is 5. The van der Waals surface area contributed by atoms with Gasteiger partial charge in [-0.2, -0.15) is 0 Å². The van der Waals surface area contributed by atoms with E-state index in [4.69, 9.17) is 0 Å². The van der Waals surface area contributed by atoms with E-state index in [1.165, 1.54) is 18.2 Å². The number of quaternary nitrogens is 1. The third kappa shape index (κ3) is 4.67. The van der Waals surface area contributed by atoms with Gasteiger partial charge in [0.25, 0.3) is 11.8 Å². The first-order valence-corrected chi connectivity index (χ1v) is 6.03. The van der Waals surface area contributed by atoms with Crippen molar-refractivity contribution in [3.63, 3.8) is 0 Å². The van der Waals surface area contributed by atoms with Crippen LogP contribution in [0.1, 0.15) is 6.92 Å². The molecule has 0 aliphatic rings. The molecule has 0 fully saturated rings. The monoisotopic (exact) mass is 268 g/mol. The fourth-order valence-electron chi connectivity index (χ4n) is 1.62. The summed E-state index contributed by atoms with van der Waals surface area (Å²) in [6.45, 7) is 1.87. The lowest BCUT2D eigenvalue weighted by Crippen LogP contribution is -3.15. The molecule has 0 bridgehead atoms. The molecule has 6 heteroatoms. The summed E-state index contributed by atoms with van der Waals surface area (Å²) < 4.78 is 13.0. The van der Waals surface area contributed by atoms with Gasteiger partial charge in [-0.1, -0.05) is 6.07 Å². The Labute approximate surface area is 111 Å². The summed E-state index contributed by atoms with van der Waals surface area (Å²) in [5.74, 6) is -0.799. The second-order valence-corrected chi connectivity index (χ2v) is 4.42. The smallest absolute Gasteiger partial charge is 0.279 e. The van der Waals surface area contributed by atoms with Crippen LogP contribution in [0.4, 0.5) is 10.1 Å². The molecule has 0 saturated heterocycles. The Balaban J connectivity index is 2.53. The van der Waals surface area contributed by atoms with Crippen molar-refractivity contribution in [1.82, 2.24) is 5.32 Å². The molecule has 0 aromatic heterocycles. The van der Waals surface area contributed by atoms with Crippen LogP contribution in [0, 0.1) is 5.82 Å². The van der Waals surface area contributed by atoms with Crippen LogP contribution >= 0.6 is 0 Å². The fraction of sp³-hybridized carbons (Fsp3) is 0.385. The third-order valence-corrected chi connectivity index (χ3v) is 2.93. The van der Waals surface area contributed by atoms with Crippen LogP contribution in [-0.2, 0) is 9.59 Å². The first-order chi connectivity index (χ1) is 8.93. The molecular formula is C13H19FN3O2+. The Hall–Kier alpha value is -1.95. The van der Waals surface area contributed by atoms with Crippen LogP contribution < -0.4 is 15.5 Å². The van der Waals surface area contributed by atoms with Gasteiger partial charge in [-0.25, -0.2) is 4.39 Å². The molecule has 0 spiro atoms. The maximum absolute atomic E-state index is 13.0. The maximum Gasteiger partial charge on any atom is 0.279 e. The van der Waals surface area contributed by atoms with Crippen LogP contribution in [0.2, 0.25) is 0 Å². The van der Waals surface area contributed by atoms with Crippen LogP contribution in [-0.4, -0.2) is 38.5 Å². The van der Waals surface area contributed by atoms with Crippen molar-refractivity contribution >= 4 is 17.5 Å². The minimum absolute atomic E-state index is 0.129. The number of nitrogens with one attached hydrogen (secondary N) is 3. The number of amides is 2. The number of halogens is 1. The van der Waals surface area contributed by atoms with Gasteiger partial charge in [0.15, 0.2) is 12.6 Å². The molecular weight excluding hydrogens is 249 g/mol. The number of carbonyl (C=O) groups is 2. The number of likely N-dealkylation sites (N-methyl/N-ethyl adjacent to an activating group) is 2. The summed E-state index contributed by atoms with van der Waals surface area (Å²) in [5.41, 5.74) is 0.408. The molecule has 104 valence electrons. The summed E-state index contributed by atoms with van der Waals surface area (Å²) >= 11 is 0. The van der Waals surface area contributed by atoms with Crippen LogP contribution in [0.15, 0.2) is 24.3 Å².